The molecule has 9 nitrogen and oxygen atoms in total. The number of benzene rings is 2. The molecule has 5 rings (SSSR count). The fourth-order valence-electron chi connectivity index (χ4n) is 3.45. The van der Waals surface area contributed by atoms with Crippen molar-refractivity contribution in [1.29, 1.82) is 0 Å². The van der Waals surface area contributed by atoms with E-state index < -0.39 is 6.29 Å². The Hall–Kier alpha value is -5.10. The Kier molecular flexibility index (Phi) is 5.61. The number of amides is 2. The van der Waals surface area contributed by atoms with Gasteiger partial charge in [0.15, 0.2) is 6.29 Å². The Balaban J connectivity index is 1.27. The maximum absolute atomic E-state index is 12.8. The molecular weight excluding hydrogens is 430 g/mol. The summed E-state index contributed by atoms with van der Waals surface area (Å²) >= 11 is 0. The highest BCUT2D eigenvalue weighted by Crippen LogP contribution is 2.32. The molecule has 0 spiro atoms. The molecule has 5 N–H and O–H groups in total. The van der Waals surface area contributed by atoms with Crippen LogP contribution in [0.2, 0.25) is 0 Å². The number of imidazole rings is 1. The van der Waals surface area contributed by atoms with Crippen molar-refractivity contribution in [3.05, 3.63) is 102 Å². The lowest BCUT2D eigenvalue weighted by Gasteiger charge is -2.15. The molecule has 166 valence electrons. The zero-order valence-electron chi connectivity index (χ0n) is 17.8. The first-order chi connectivity index (χ1) is 16.7. The van der Waals surface area contributed by atoms with Crippen molar-refractivity contribution < 1.29 is 9.59 Å². The van der Waals surface area contributed by atoms with E-state index in [0.29, 0.717) is 34.1 Å². The van der Waals surface area contributed by atoms with Crippen LogP contribution in [0.25, 0.3) is 0 Å². The van der Waals surface area contributed by atoms with Gasteiger partial charge in [-0.3, -0.25) is 14.9 Å². The molecule has 34 heavy (non-hydrogen) atoms. The number of hydrogen-bond acceptors (Lipinski definition) is 6. The molecule has 1 aliphatic rings. The standard InChI is InChI=1S/C25H19N7O2/c33-22(17-11-12-26-18(15-17)10-9-16-5-2-1-3-6-16)31-25-29-20-8-4-7-19(21(20)30-25)23(34)32-24-27-13-14-28-24/h1-8,11-15,25,29-30H,(H,31,33)(H2,27,28,32,34). The van der Waals surface area contributed by atoms with Crippen molar-refractivity contribution in [2.24, 2.45) is 0 Å². The van der Waals surface area contributed by atoms with Crippen LogP contribution in [0.3, 0.4) is 0 Å². The van der Waals surface area contributed by atoms with Crippen molar-refractivity contribution in [3.63, 3.8) is 0 Å². The van der Waals surface area contributed by atoms with Gasteiger partial charge in [0.2, 0.25) is 5.95 Å². The molecule has 9 heteroatoms. The summed E-state index contributed by atoms with van der Waals surface area (Å²) in [5.74, 6) is 5.71. The number of nitrogens with one attached hydrogen (secondary N) is 5. The quantitative estimate of drug-likeness (QED) is 0.305. The van der Waals surface area contributed by atoms with Crippen molar-refractivity contribution in [1.82, 2.24) is 20.3 Å². The molecule has 2 aromatic carbocycles. The molecule has 0 bridgehead atoms. The van der Waals surface area contributed by atoms with Gasteiger partial charge in [-0.15, -0.1) is 0 Å². The van der Waals surface area contributed by atoms with E-state index in [1.807, 2.05) is 36.4 Å². The first-order valence-corrected chi connectivity index (χ1v) is 10.5. The van der Waals surface area contributed by atoms with Gasteiger partial charge in [-0.2, -0.15) is 0 Å². The van der Waals surface area contributed by atoms with Crippen LogP contribution >= 0.6 is 0 Å². The molecule has 1 atom stereocenters. The molecule has 2 amide bonds. The van der Waals surface area contributed by atoms with Crippen molar-refractivity contribution in [2.75, 3.05) is 16.0 Å². The third-order valence-electron chi connectivity index (χ3n) is 5.03. The summed E-state index contributed by atoms with van der Waals surface area (Å²) in [5.41, 5.74) is 3.47. The van der Waals surface area contributed by atoms with Crippen LogP contribution in [0, 0.1) is 11.8 Å². The third kappa shape index (κ3) is 4.56. The van der Waals surface area contributed by atoms with Crippen LogP contribution in [0.4, 0.5) is 17.3 Å². The Morgan fingerprint density at radius 2 is 1.76 bits per heavy atom. The number of para-hydroxylation sites is 1. The molecule has 0 aliphatic carbocycles. The van der Waals surface area contributed by atoms with Gasteiger partial charge < -0.3 is 20.9 Å². The number of nitrogens with zero attached hydrogens (tertiary/aromatic N) is 2. The van der Waals surface area contributed by atoms with E-state index in [1.54, 1.807) is 42.9 Å². The lowest BCUT2D eigenvalue weighted by Crippen LogP contribution is -2.43. The maximum atomic E-state index is 12.8. The smallest absolute Gasteiger partial charge is 0.260 e. The molecule has 4 aromatic rings. The van der Waals surface area contributed by atoms with Crippen molar-refractivity contribution in [2.45, 2.75) is 6.29 Å². The number of carbonyl (C=O) groups is 2. The fourth-order valence-corrected chi connectivity index (χ4v) is 3.45. The second-order valence-corrected chi connectivity index (χ2v) is 7.36. The van der Waals surface area contributed by atoms with Crippen molar-refractivity contribution >= 4 is 29.1 Å². The summed E-state index contributed by atoms with van der Waals surface area (Å²) in [6.45, 7) is 0. The van der Waals surface area contributed by atoms with Gasteiger partial charge in [0.1, 0.15) is 5.69 Å². The predicted octanol–water partition coefficient (Wildman–Crippen LogP) is 3.01. The minimum absolute atomic E-state index is 0.315. The van der Waals surface area contributed by atoms with Gasteiger partial charge >= 0.3 is 0 Å². The van der Waals surface area contributed by atoms with Gasteiger partial charge in [-0.05, 0) is 42.3 Å². The number of anilines is 3. The summed E-state index contributed by atoms with van der Waals surface area (Å²) in [6.07, 6.45) is 4.11. The highest BCUT2D eigenvalue weighted by atomic mass is 16.2. The van der Waals surface area contributed by atoms with Crippen LogP contribution in [0.15, 0.2) is 79.3 Å². The summed E-state index contributed by atoms with van der Waals surface area (Å²) in [7, 11) is 0. The van der Waals surface area contributed by atoms with Gasteiger partial charge in [-0.1, -0.05) is 30.2 Å². The lowest BCUT2D eigenvalue weighted by molar-refractivity contribution is 0.0945. The van der Waals surface area contributed by atoms with Crippen LogP contribution in [0.1, 0.15) is 32.0 Å². The number of pyridine rings is 1. The van der Waals surface area contributed by atoms with Crippen molar-refractivity contribution in [3.8, 4) is 11.8 Å². The molecule has 0 saturated carbocycles. The average molecular weight is 449 g/mol. The first kappa shape index (κ1) is 20.8. The molecule has 0 fully saturated rings. The van der Waals surface area contributed by atoms with Gasteiger partial charge in [0, 0.05) is 29.7 Å². The van der Waals surface area contributed by atoms with E-state index in [4.69, 9.17) is 0 Å². The first-order valence-electron chi connectivity index (χ1n) is 10.5. The number of fused-ring (bicyclic) bond motifs is 1. The van der Waals surface area contributed by atoms with E-state index in [9.17, 15) is 9.59 Å². The number of H-pyrrole nitrogens is 1. The van der Waals surface area contributed by atoms with Gasteiger partial charge in [0.25, 0.3) is 11.8 Å². The zero-order chi connectivity index (χ0) is 23.3. The van der Waals surface area contributed by atoms with Crippen LogP contribution in [0.5, 0.6) is 0 Å². The number of carbonyl (C=O) groups excluding carboxylic acids is 2. The molecule has 0 saturated heterocycles. The largest absolute Gasteiger partial charge is 0.347 e. The molecule has 0 radical (unpaired) electrons. The van der Waals surface area contributed by atoms with E-state index >= 15 is 0 Å². The van der Waals surface area contributed by atoms with Gasteiger partial charge in [0.05, 0.1) is 16.9 Å². The lowest BCUT2D eigenvalue weighted by atomic mass is 10.1. The molecular formula is C25H19N7O2. The van der Waals surface area contributed by atoms with E-state index in [1.165, 1.54) is 0 Å². The minimum Gasteiger partial charge on any atom is -0.347 e. The topological polar surface area (TPSA) is 124 Å². The predicted molar refractivity (Wildman–Crippen MR) is 128 cm³/mol. The minimum atomic E-state index is -0.605. The van der Waals surface area contributed by atoms with Gasteiger partial charge in [-0.25, -0.2) is 9.97 Å². The number of aromatic nitrogens is 3. The summed E-state index contributed by atoms with van der Waals surface area (Å²) in [6, 6.07) is 18.1. The highest BCUT2D eigenvalue weighted by Gasteiger charge is 2.26. The Morgan fingerprint density at radius 1 is 0.882 bits per heavy atom. The Labute approximate surface area is 195 Å². The highest BCUT2D eigenvalue weighted by molar-refractivity contribution is 6.10. The average Bonchev–Trinajstić information content (AvgIpc) is 3.52. The van der Waals surface area contributed by atoms with E-state index in [-0.39, 0.29) is 11.8 Å². The Morgan fingerprint density at radius 3 is 2.59 bits per heavy atom. The van der Waals surface area contributed by atoms with E-state index in [2.05, 4.69) is 48.1 Å². The summed E-state index contributed by atoms with van der Waals surface area (Å²) < 4.78 is 0. The molecule has 1 unspecified atom stereocenters. The van der Waals surface area contributed by atoms with E-state index in [0.717, 1.165) is 5.56 Å². The number of aromatic amines is 1. The summed E-state index contributed by atoms with van der Waals surface area (Å²) in [5, 5.41) is 11.9. The second kappa shape index (κ2) is 9.18. The number of rotatable bonds is 4. The van der Waals surface area contributed by atoms with Crippen LogP contribution in [-0.2, 0) is 0 Å². The van der Waals surface area contributed by atoms with Crippen LogP contribution in [-0.4, -0.2) is 33.1 Å². The normalized spacial score (nSPS) is 13.5. The molecule has 3 heterocycles. The fraction of sp³-hybridized carbons (Fsp3) is 0.0400. The zero-order valence-corrected chi connectivity index (χ0v) is 17.8. The van der Waals surface area contributed by atoms with Crippen LogP contribution < -0.4 is 21.3 Å². The number of hydrogen-bond donors (Lipinski definition) is 5. The molecule has 1 aliphatic heterocycles. The monoisotopic (exact) mass is 449 g/mol. The third-order valence-corrected chi connectivity index (χ3v) is 5.03. The molecule has 2 aromatic heterocycles. The second-order valence-electron chi connectivity index (χ2n) is 7.36. The summed E-state index contributed by atoms with van der Waals surface area (Å²) in [4.78, 5) is 36.6. The SMILES string of the molecule is O=C(NC1Nc2cccc(C(=O)Nc3ncc[nH]3)c2N1)c1ccnc(C#Cc2ccccc2)c1. The Bertz CT molecular complexity index is 1410. The maximum Gasteiger partial charge on any atom is 0.260 e.